The molecule has 0 atom stereocenters. The van der Waals surface area contributed by atoms with E-state index in [9.17, 15) is 26.3 Å². The summed E-state index contributed by atoms with van der Waals surface area (Å²) in [7, 11) is 2.68. The van der Waals surface area contributed by atoms with Gasteiger partial charge >= 0.3 is 0 Å². The van der Waals surface area contributed by atoms with Crippen LogP contribution in [0.1, 0.15) is 11.1 Å². The second-order valence-corrected chi connectivity index (χ2v) is 5.34. The molecule has 28 heavy (non-hydrogen) atoms. The van der Waals surface area contributed by atoms with Gasteiger partial charge in [0.2, 0.25) is 11.7 Å². The zero-order valence-corrected chi connectivity index (χ0v) is 14.7. The summed E-state index contributed by atoms with van der Waals surface area (Å²) < 4.78 is 93.2. The first kappa shape index (κ1) is 21.1. The van der Waals surface area contributed by atoms with Gasteiger partial charge in [-0.15, -0.1) is 0 Å². The van der Waals surface area contributed by atoms with E-state index in [-0.39, 0.29) is 0 Å². The van der Waals surface area contributed by atoms with Crippen molar-refractivity contribution in [1.29, 1.82) is 0 Å². The van der Waals surface area contributed by atoms with Crippen molar-refractivity contribution in [3.63, 3.8) is 0 Å². The Labute approximate surface area is 157 Å². The first-order valence-corrected chi connectivity index (χ1v) is 7.75. The van der Waals surface area contributed by atoms with E-state index >= 15 is 0 Å². The first-order valence-electron chi connectivity index (χ1n) is 7.75. The Morgan fingerprint density at radius 1 is 0.500 bits per heavy atom. The molecule has 2 aromatic rings. The molecule has 0 bridgehead atoms. The van der Waals surface area contributed by atoms with Crippen LogP contribution in [0.2, 0.25) is 0 Å². The number of ether oxygens (including phenoxy) is 2. The quantitative estimate of drug-likeness (QED) is 0.394. The van der Waals surface area contributed by atoms with Gasteiger partial charge in [-0.2, -0.15) is 0 Å². The van der Waals surface area contributed by atoms with E-state index in [0.717, 1.165) is 24.3 Å². The summed E-state index contributed by atoms with van der Waals surface area (Å²) in [5.41, 5.74) is -0.887. The Hall–Kier alpha value is -3.16. The number of halogens is 6. The van der Waals surface area contributed by atoms with Crippen LogP contribution in [-0.4, -0.2) is 14.2 Å². The number of rotatable bonds is 6. The first-order chi connectivity index (χ1) is 13.3. The van der Waals surface area contributed by atoms with Crippen molar-refractivity contribution in [3.8, 4) is 11.5 Å². The highest BCUT2D eigenvalue weighted by Gasteiger charge is 2.24. The van der Waals surface area contributed by atoms with E-state index in [1.807, 2.05) is 0 Å². The van der Waals surface area contributed by atoms with Crippen molar-refractivity contribution in [2.45, 2.75) is 0 Å². The molecule has 0 aromatic heterocycles. The SMILES string of the molecule is COc1ccc(C(F)=C(F)C(F)=C(F)C(F)=C(F)c2ccc(OC)cc2)cc1. The summed E-state index contributed by atoms with van der Waals surface area (Å²) in [6, 6.07) is 9.19. The van der Waals surface area contributed by atoms with Crippen molar-refractivity contribution in [1.82, 2.24) is 0 Å². The van der Waals surface area contributed by atoms with Crippen LogP contribution in [0.15, 0.2) is 71.8 Å². The van der Waals surface area contributed by atoms with E-state index in [2.05, 4.69) is 0 Å². The highest BCUT2D eigenvalue weighted by Crippen LogP contribution is 2.35. The highest BCUT2D eigenvalue weighted by atomic mass is 19.2. The minimum atomic E-state index is -2.51. The van der Waals surface area contributed by atoms with E-state index < -0.39 is 46.1 Å². The van der Waals surface area contributed by atoms with Crippen molar-refractivity contribution in [3.05, 3.63) is 83.0 Å². The lowest BCUT2D eigenvalue weighted by atomic mass is 10.1. The minimum Gasteiger partial charge on any atom is -0.497 e. The Bertz CT molecular complexity index is 851. The van der Waals surface area contributed by atoms with Gasteiger partial charge in [-0.25, -0.2) is 26.3 Å². The molecule has 0 heterocycles. The van der Waals surface area contributed by atoms with Gasteiger partial charge in [-0.1, -0.05) is 0 Å². The van der Waals surface area contributed by atoms with Crippen LogP contribution in [0.5, 0.6) is 11.5 Å². The summed E-state index contributed by atoms with van der Waals surface area (Å²) in [5.74, 6) is -12.6. The summed E-state index contributed by atoms with van der Waals surface area (Å²) in [4.78, 5) is 0. The van der Waals surface area contributed by atoms with Gasteiger partial charge in [-0.05, 0) is 48.5 Å². The molecule has 0 unspecified atom stereocenters. The van der Waals surface area contributed by atoms with Crippen molar-refractivity contribution < 1.29 is 35.8 Å². The van der Waals surface area contributed by atoms with E-state index in [0.29, 0.717) is 11.5 Å². The molecule has 2 aromatic carbocycles. The molecular weight excluding hydrogens is 386 g/mol. The molecule has 0 saturated carbocycles. The smallest absolute Gasteiger partial charge is 0.200 e. The number of hydrogen-bond acceptors (Lipinski definition) is 2. The molecule has 0 aliphatic heterocycles. The lowest BCUT2D eigenvalue weighted by molar-refractivity contribution is 0.414. The molecule has 0 amide bonds. The van der Waals surface area contributed by atoms with Gasteiger partial charge in [0.1, 0.15) is 11.5 Å². The molecule has 2 rings (SSSR count). The van der Waals surface area contributed by atoms with E-state index in [1.54, 1.807) is 0 Å². The summed E-state index contributed by atoms with van der Waals surface area (Å²) in [6.45, 7) is 0. The second-order valence-electron chi connectivity index (χ2n) is 5.34. The van der Waals surface area contributed by atoms with Crippen LogP contribution in [-0.2, 0) is 0 Å². The number of hydrogen-bond donors (Lipinski definition) is 0. The summed E-state index contributed by atoms with van der Waals surface area (Å²) in [5, 5.41) is 0. The van der Waals surface area contributed by atoms with Crippen molar-refractivity contribution in [2.75, 3.05) is 14.2 Å². The predicted molar refractivity (Wildman–Crippen MR) is 93.5 cm³/mol. The molecule has 0 saturated heterocycles. The maximum absolute atomic E-state index is 14.0. The largest absolute Gasteiger partial charge is 0.497 e. The van der Waals surface area contributed by atoms with Crippen LogP contribution >= 0.6 is 0 Å². The Morgan fingerprint density at radius 2 is 0.786 bits per heavy atom. The number of benzene rings is 2. The second kappa shape index (κ2) is 9.16. The lowest BCUT2D eigenvalue weighted by Crippen LogP contribution is -1.91. The molecule has 2 nitrogen and oxygen atoms in total. The fraction of sp³-hybridized carbons (Fsp3) is 0.100. The third-order valence-corrected chi connectivity index (χ3v) is 3.65. The molecule has 0 spiro atoms. The molecule has 0 radical (unpaired) electrons. The van der Waals surface area contributed by atoms with E-state index in [1.165, 1.54) is 38.5 Å². The van der Waals surface area contributed by atoms with E-state index in [4.69, 9.17) is 9.47 Å². The molecule has 8 heteroatoms. The summed E-state index contributed by atoms with van der Waals surface area (Å²) in [6.07, 6.45) is 0. The maximum atomic E-state index is 14.0. The molecule has 148 valence electrons. The highest BCUT2D eigenvalue weighted by molar-refractivity contribution is 5.68. The monoisotopic (exact) mass is 400 g/mol. The Morgan fingerprint density at radius 3 is 1.04 bits per heavy atom. The minimum absolute atomic E-state index is 0.315. The fourth-order valence-corrected chi connectivity index (χ4v) is 2.11. The average Bonchev–Trinajstić information content (AvgIpc) is 2.76. The van der Waals surface area contributed by atoms with Crippen LogP contribution < -0.4 is 9.47 Å². The van der Waals surface area contributed by atoms with Crippen LogP contribution in [0.25, 0.3) is 11.7 Å². The lowest BCUT2D eigenvalue weighted by Gasteiger charge is -2.05. The van der Waals surface area contributed by atoms with Gasteiger partial charge in [0.15, 0.2) is 23.3 Å². The standard InChI is InChI=1S/C20H14F6O2/c1-27-13-7-3-11(4-8-13)15(21)17(23)19(25)20(26)18(24)16(22)12-5-9-14(28-2)10-6-12/h3-10H,1-2H3. The molecule has 0 aliphatic rings. The third kappa shape index (κ3) is 4.57. The molecule has 0 fully saturated rings. The fourth-order valence-electron chi connectivity index (χ4n) is 2.11. The predicted octanol–water partition coefficient (Wildman–Crippen LogP) is 6.77. The summed E-state index contributed by atoms with van der Waals surface area (Å²) >= 11 is 0. The Balaban J connectivity index is 2.41. The molecular formula is C20H14F6O2. The normalized spacial score (nSPS) is 14.0. The zero-order valence-electron chi connectivity index (χ0n) is 14.7. The van der Waals surface area contributed by atoms with Crippen molar-refractivity contribution in [2.24, 2.45) is 0 Å². The zero-order chi connectivity index (χ0) is 20.8. The van der Waals surface area contributed by atoms with Gasteiger partial charge < -0.3 is 9.47 Å². The van der Waals surface area contributed by atoms with Gasteiger partial charge in [0.25, 0.3) is 0 Å². The van der Waals surface area contributed by atoms with Crippen LogP contribution in [0.4, 0.5) is 26.3 Å². The van der Waals surface area contributed by atoms with Crippen LogP contribution in [0.3, 0.4) is 0 Å². The van der Waals surface area contributed by atoms with Gasteiger partial charge in [0, 0.05) is 11.1 Å². The molecule has 0 N–H and O–H groups in total. The number of allylic oxidation sites excluding steroid dienone is 4. The topological polar surface area (TPSA) is 18.5 Å². The van der Waals surface area contributed by atoms with Gasteiger partial charge in [-0.3, -0.25) is 0 Å². The third-order valence-electron chi connectivity index (χ3n) is 3.65. The molecule has 0 aliphatic carbocycles. The van der Waals surface area contributed by atoms with Crippen molar-refractivity contribution >= 4 is 11.7 Å². The average molecular weight is 400 g/mol. The maximum Gasteiger partial charge on any atom is 0.200 e. The van der Waals surface area contributed by atoms with Gasteiger partial charge in [0.05, 0.1) is 14.2 Å². The Kier molecular flexibility index (Phi) is 6.92. The number of methoxy groups -OCH3 is 2. The van der Waals surface area contributed by atoms with Crippen LogP contribution in [0, 0.1) is 0 Å².